The van der Waals surface area contributed by atoms with Gasteiger partial charge in [-0.2, -0.15) is 0 Å². The van der Waals surface area contributed by atoms with E-state index in [2.05, 4.69) is 151 Å². The SMILES string of the molecule is c1ccc(-n2c3ccccc3c3ccc(-n4c5nc6ccccc6n5c5ccccc5n5c6ccccc6nc45)cc32)cc1. The van der Waals surface area contributed by atoms with Gasteiger partial charge in [-0.25, -0.2) is 14.5 Å². The van der Waals surface area contributed by atoms with Gasteiger partial charge >= 0.3 is 0 Å². The molecule has 0 saturated carbocycles. The molecule has 6 heteroatoms. The van der Waals surface area contributed by atoms with Gasteiger partial charge in [-0.3, -0.25) is 8.80 Å². The minimum atomic E-state index is 0.800. The fourth-order valence-corrected chi connectivity index (χ4v) is 6.92. The number of aromatic nitrogens is 6. The van der Waals surface area contributed by atoms with E-state index in [0.717, 1.165) is 61.5 Å². The molecule has 4 aromatic heterocycles. The van der Waals surface area contributed by atoms with E-state index in [1.807, 2.05) is 12.1 Å². The van der Waals surface area contributed by atoms with Gasteiger partial charge in [-0.15, -0.1) is 0 Å². The standard InChI is InChI=1S/C38H24N6/c1-2-12-25(13-3-1)41-31-17-7-4-14-27(31)28-23-22-26(24-36(28)41)42-37-39-29-15-5-8-18-32(29)43(37)34-20-10-11-21-35(34)44-33-19-9-6-16-30(33)40-38(42)44/h1-24H. The quantitative estimate of drug-likeness (QED) is 0.210. The summed E-state index contributed by atoms with van der Waals surface area (Å²) in [5.74, 6) is 1.60. The number of imidazole rings is 2. The Morgan fingerprint density at radius 3 is 1.48 bits per heavy atom. The zero-order chi connectivity index (χ0) is 28.8. The molecule has 6 aromatic carbocycles. The molecule has 0 atom stereocenters. The second-order valence-electron chi connectivity index (χ2n) is 11.2. The minimum absolute atomic E-state index is 0.800. The van der Waals surface area contributed by atoms with Crippen LogP contribution in [0.5, 0.6) is 0 Å². The van der Waals surface area contributed by atoms with E-state index in [-0.39, 0.29) is 0 Å². The summed E-state index contributed by atoms with van der Waals surface area (Å²) in [6.45, 7) is 0. The Morgan fingerprint density at radius 2 is 0.841 bits per heavy atom. The van der Waals surface area contributed by atoms with Crippen molar-refractivity contribution in [2.75, 3.05) is 0 Å². The van der Waals surface area contributed by atoms with Crippen molar-refractivity contribution in [2.24, 2.45) is 0 Å². The highest BCUT2D eigenvalue weighted by molar-refractivity contribution is 6.10. The summed E-state index contributed by atoms with van der Waals surface area (Å²) in [4.78, 5) is 10.5. The molecule has 0 bridgehead atoms. The number of hydrogen-bond acceptors (Lipinski definition) is 2. The van der Waals surface area contributed by atoms with Gasteiger partial charge in [0.2, 0.25) is 11.6 Å². The number of rotatable bonds is 2. The molecule has 0 amide bonds. The lowest BCUT2D eigenvalue weighted by Gasteiger charge is -2.10. The summed E-state index contributed by atoms with van der Waals surface area (Å²) in [6, 6.07) is 51.2. The molecule has 0 unspecified atom stereocenters. The molecule has 0 aliphatic rings. The molecule has 0 aliphatic heterocycles. The van der Waals surface area contributed by atoms with Crippen molar-refractivity contribution in [3.05, 3.63) is 146 Å². The lowest BCUT2D eigenvalue weighted by Crippen LogP contribution is -2.02. The maximum atomic E-state index is 5.27. The van der Waals surface area contributed by atoms with Crippen LogP contribution < -0.4 is 0 Å². The monoisotopic (exact) mass is 564 g/mol. The largest absolute Gasteiger partial charge is 0.309 e. The van der Waals surface area contributed by atoms with Crippen LogP contribution in [0.25, 0.3) is 77.8 Å². The lowest BCUT2D eigenvalue weighted by atomic mass is 10.1. The number of para-hydroxylation sites is 8. The Balaban J connectivity index is 1.45. The molecule has 0 radical (unpaired) electrons. The Hall–Kier alpha value is -6.14. The maximum absolute atomic E-state index is 5.27. The molecule has 44 heavy (non-hydrogen) atoms. The topological polar surface area (TPSA) is 44.5 Å². The van der Waals surface area contributed by atoms with Crippen molar-refractivity contribution >= 4 is 66.5 Å². The zero-order valence-electron chi connectivity index (χ0n) is 23.5. The molecule has 0 fully saturated rings. The van der Waals surface area contributed by atoms with Gasteiger partial charge in [-0.05, 0) is 66.7 Å². The van der Waals surface area contributed by atoms with Crippen LogP contribution in [-0.4, -0.2) is 27.9 Å². The van der Waals surface area contributed by atoms with Gasteiger partial charge in [-0.1, -0.05) is 78.9 Å². The van der Waals surface area contributed by atoms with Crippen LogP contribution in [0.3, 0.4) is 0 Å². The first-order valence-corrected chi connectivity index (χ1v) is 14.8. The summed E-state index contributed by atoms with van der Waals surface area (Å²) in [5, 5.41) is 2.42. The predicted molar refractivity (Wildman–Crippen MR) is 179 cm³/mol. The first-order chi connectivity index (χ1) is 21.8. The van der Waals surface area contributed by atoms with Gasteiger partial charge in [0.25, 0.3) is 0 Å². The molecule has 0 spiro atoms. The first kappa shape index (κ1) is 23.4. The Bertz CT molecular complexity index is 2660. The van der Waals surface area contributed by atoms with E-state index in [1.165, 1.54) is 16.3 Å². The van der Waals surface area contributed by atoms with Crippen molar-refractivity contribution in [2.45, 2.75) is 0 Å². The normalized spacial score (nSPS) is 12.1. The van der Waals surface area contributed by atoms with Crippen LogP contribution in [-0.2, 0) is 0 Å². The van der Waals surface area contributed by atoms with Gasteiger partial charge in [0.05, 0.1) is 49.8 Å². The highest BCUT2D eigenvalue weighted by atomic mass is 15.3. The molecule has 0 saturated heterocycles. The third-order valence-electron chi connectivity index (χ3n) is 8.78. The number of hydrogen-bond donors (Lipinski definition) is 0. The molecular weight excluding hydrogens is 540 g/mol. The lowest BCUT2D eigenvalue weighted by molar-refractivity contribution is 1.03. The number of nitrogens with zero attached hydrogens (tertiary/aromatic N) is 6. The summed E-state index contributed by atoms with van der Waals surface area (Å²) in [6.07, 6.45) is 0. The molecular formula is C38H24N6. The van der Waals surface area contributed by atoms with Crippen LogP contribution in [0.15, 0.2) is 146 Å². The van der Waals surface area contributed by atoms with E-state index in [4.69, 9.17) is 9.97 Å². The Morgan fingerprint density at radius 1 is 0.341 bits per heavy atom. The number of fused-ring (bicyclic) bond motifs is 12. The smallest absolute Gasteiger partial charge is 0.223 e. The molecule has 4 heterocycles. The predicted octanol–water partition coefficient (Wildman–Crippen LogP) is 8.89. The van der Waals surface area contributed by atoms with Crippen molar-refractivity contribution in [1.29, 1.82) is 0 Å². The average molecular weight is 565 g/mol. The average Bonchev–Trinajstić information content (AvgIpc) is 3.73. The number of benzene rings is 6. The van der Waals surface area contributed by atoms with Crippen molar-refractivity contribution in [1.82, 2.24) is 27.9 Å². The van der Waals surface area contributed by atoms with E-state index in [9.17, 15) is 0 Å². The molecule has 10 rings (SSSR count). The second kappa shape index (κ2) is 8.69. The maximum Gasteiger partial charge on any atom is 0.223 e. The summed E-state index contributed by atoms with van der Waals surface area (Å²) in [5.41, 5.74) is 10.5. The van der Waals surface area contributed by atoms with E-state index in [0.29, 0.717) is 0 Å². The zero-order valence-corrected chi connectivity index (χ0v) is 23.5. The minimum Gasteiger partial charge on any atom is -0.309 e. The Kier molecular flexibility index (Phi) is 4.63. The molecule has 6 nitrogen and oxygen atoms in total. The van der Waals surface area contributed by atoms with Crippen LogP contribution in [0.2, 0.25) is 0 Å². The second-order valence-corrected chi connectivity index (χ2v) is 11.2. The van der Waals surface area contributed by atoms with E-state index < -0.39 is 0 Å². The third kappa shape index (κ3) is 3.08. The molecule has 0 aliphatic carbocycles. The van der Waals surface area contributed by atoms with Crippen molar-refractivity contribution in [3.8, 4) is 11.4 Å². The fourth-order valence-electron chi connectivity index (χ4n) is 6.92. The highest BCUT2D eigenvalue weighted by Gasteiger charge is 2.20. The van der Waals surface area contributed by atoms with Crippen LogP contribution in [0.1, 0.15) is 0 Å². The summed E-state index contributed by atoms with van der Waals surface area (Å²) in [7, 11) is 0. The summed E-state index contributed by atoms with van der Waals surface area (Å²) < 4.78 is 9.11. The van der Waals surface area contributed by atoms with Gasteiger partial charge in [0.1, 0.15) is 0 Å². The molecule has 0 N–H and O–H groups in total. The molecule has 10 aromatic rings. The van der Waals surface area contributed by atoms with Gasteiger partial charge in [0, 0.05) is 16.5 Å². The molecule has 206 valence electrons. The first-order valence-electron chi connectivity index (χ1n) is 14.8. The van der Waals surface area contributed by atoms with Crippen molar-refractivity contribution < 1.29 is 0 Å². The van der Waals surface area contributed by atoms with Gasteiger partial charge < -0.3 is 4.57 Å². The third-order valence-corrected chi connectivity index (χ3v) is 8.78. The highest BCUT2D eigenvalue weighted by Crippen LogP contribution is 2.35. The van der Waals surface area contributed by atoms with Crippen LogP contribution in [0.4, 0.5) is 0 Å². The van der Waals surface area contributed by atoms with Crippen molar-refractivity contribution in [3.63, 3.8) is 0 Å². The van der Waals surface area contributed by atoms with E-state index in [1.54, 1.807) is 0 Å². The van der Waals surface area contributed by atoms with Gasteiger partial charge in [0.15, 0.2) is 0 Å². The summed E-state index contributed by atoms with van der Waals surface area (Å²) >= 11 is 0. The van der Waals surface area contributed by atoms with E-state index >= 15 is 0 Å². The van der Waals surface area contributed by atoms with Crippen LogP contribution >= 0.6 is 0 Å². The Labute approximate surface area is 250 Å². The van der Waals surface area contributed by atoms with Crippen LogP contribution in [0, 0.1) is 0 Å². The fraction of sp³-hybridized carbons (Fsp3) is 0.